The summed E-state index contributed by atoms with van der Waals surface area (Å²) < 4.78 is 5.42. The van der Waals surface area contributed by atoms with E-state index in [1.807, 2.05) is 18.2 Å². The van der Waals surface area contributed by atoms with Crippen LogP contribution in [-0.4, -0.2) is 53.3 Å². The molecule has 6 nitrogen and oxygen atoms in total. The summed E-state index contributed by atoms with van der Waals surface area (Å²) in [7, 11) is 0. The largest absolute Gasteiger partial charge is 0.441 e. The number of rotatable bonds is 3. The summed E-state index contributed by atoms with van der Waals surface area (Å²) in [6.07, 6.45) is 1.19. The molecule has 2 amide bonds. The number of amides is 2. The van der Waals surface area contributed by atoms with Crippen molar-refractivity contribution in [3.05, 3.63) is 29.7 Å². The molecule has 0 N–H and O–H groups in total. The van der Waals surface area contributed by atoms with E-state index in [-0.39, 0.29) is 5.91 Å². The third-order valence-electron chi connectivity index (χ3n) is 3.73. The Labute approximate surface area is 122 Å². The van der Waals surface area contributed by atoms with Crippen molar-refractivity contribution in [2.24, 2.45) is 0 Å². The first kappa shape index (κ1) is 13.6. The van der Waals surface area contributed by atoms with Crippen LogP contribution in [0.1, 0.15) is 11.5 Å². The molecule has 0 saturated carbocycles. The zero-order chi connectivity index (χ0) is 14.8. The number of benzene rings is 1. The second kappa shape index (κ2) is 5.55. The number of aryl methyl sites for hydroxylation is 1. The van der Waals surface area contributed by atoms with Gasteiger partial charge >= 0.3 is 0 Å². The van der Waals surface area contributed by atoms with Gasteiger partial charge in [0.05, 0.1) is 6.42 Å². The monoisotopic (exact) mass is 287 g/mol. The fourth-order valence-electron chi connectivity index (χ4n) is 2.56. The van der Waals surface area contributed by atoms with Gasteiger partial charge in [-0.05, 0) is 17.7 Å². The van der Waals surface area contributed by atoms with E-state index >= 15 is 0 Å². The van der Waals surface area contributed by atoms with Crippen molar-refractivity contribution < 1.29 is 14.0 Å². The molecule has 1 fully saturated rings. The first-order chi connectivity index (χ1) is 10.2. The van der Waals surface area contributed by atoms with Gasteiger partial charge in [0.2, 0.25) is 12.3 Å². The van der Waals surface area contributed by atoms with Crippen LogP contribution < -0.4 is 0 Å². The Bertz CT molecular complexity index is 672. The summed E-state index contributed by atoms with van der Waals surface area (Å²) in [6, 6.07) is 5.64. The molecule has 1 aromatic carbocycles. The van der Waals surface area contributed by atoms with Crippen LogP contribution in [0.4, 0.5) is 0 Å². The lowest BCUT2D eigenvalue weighted by molar-refractivity contribution is -0.134. The molecular formula is C15H17N3O3. The first-order valence-electron chi connectivity index (χ1n) is 6.99. The van der Waals surface area contributed by atoms with Gasteiger partial charge in [0.1, 0.15) is 5.52 Å². The van der Waals surface area contributed by atoms with E-state index in [9.17, 15) is 9.59 Å². The molecule has 1 aliphatic heterocycles. The van der Waals surface area contributed by atoms with E-state index < -0.39 is 0 Å². The predicted molar refractivity (Wildman–Crippen MR) is 76.7 cm³/mol. The second-order valence-electron chi connectivity index (χ2n) is 5.23. The Morgan fingerprint density at radius 2 is 2.10 bits per heavy atom. The van der Waals surface area contributed by atoms with Gasteiger partial charge in [0.25, 0.3) is 0 Å². The minimum absolute atomic E-state index is 0.0834. The fourth-order valence-corrected chi connectivity index (χ4v) is 2.56. The van der Waals surface area contributed by atoms with Crippen molar-refractivity contribution >= 4 is 23.4 Å². The average Bonchev–Trinajstić information content (AvgIpc) is 2.86. The Balaban J connectivity index is 1.67. The molecule has 3 rings (SSSR count). The number of oxazole rings is 1. The molecule has 0 aliphatic carbocycles. The smallest absolute Gasteiger partial charge is 0.227 e. The van der Waals surface area contributed by atoms with Crippen molar-refractivity contribution in [3.63, 3.8) is 0 Å². The summed E-state index contributed by atoms with van der Waals surface area (Å²) in [5.41, 5.74) is 2.45. The van der Waals surface area contributed by atoms with Crippen molar-refractivity contribution in [3.8, 4) is 0 Å². The van der Waals surface area contributed by atoms with Crippen LogP contribution in [-0.2, 0) is 16.0 Å². The lowest BCUT2D eigenvalue weighted by atomic mass is 10.1. The van der Waals surface area contributed by atoms with Gasteiger partial charge in [-0.15, -0.1) is 0 Å². The number of fused-ring (bicyclic) bond motifs is 1. The highest BCUT2D eigenvalue weighted by molar-refractivity contribution is 5.81. The molecule has 0 spiro atoms. The normalized spacial score (nSPS) is 15.5. The van der Waals surface area contributed by atoms with Crippen LogP contribution in [0.25, 0.3) is 11.1 Å². The number of carbonyl (C=O) groups excluding carboxylic acids is 2. The third kappa shape index (κ3) is 2.89. The van der Waals surface area contributed by atoms with E-state index in [4.69, 9.17) is 4.42 Å². The molecule has 1 saturated heterocycles. The van der Waals surface area contributed by atoms with Gasteiger partial charge in [-0.25, -0.2) is 4.98 Å². The molecule has 1 aliphatic rings. The summed E-state index contributed by atoms with van der Waals surface area (Å²) in [6.45, 7) is 4.22. The average molecular weight is 287 g/mol. The number of carbonyl (C=O) groups is 2. The molecule has 0 atom stereocenters. The topological polar surface area (TPSA) is 66.7 Å². The highest BCUT2D eigenvalue weighted by Gasteiger charge is 2.20. The van der Waals surface area contributed by atoms with Crippen LogP contribution in [0.5, 0.6) is 0 Å². The first-order valence-corrected chi connectivity index (χ1v) is 6.99. The molecule has 21 heavy (non-hydrogen) atoms. The van der Waals surface area contributed by atoms with Crippen LogP contribution in [0.3, 0.4) is 0 Å². The molecule has 2 heterocycles. The van der Waals surface area contributed by atoms with Gasteiger partial charge in [-0.1, -0.05) is 6.07 Å². The van der Waals surface area contributed by atoms with Gasteiger partial charge in [0.15, 0.2) is 11.5 Å². The standard InChI is InChI=1S/C15H17N3O3/c1-11-16-13-8-12(2-3-14(13)21-11)9-15(20)18-6-4-17(10-19)5-7-18/h2-3,8,10H,4-7,9H2,1H3. The van der Waals surface area contributed by atoms with Crippen molar-refractivity contribution in [2.45, 2.75) is 13.3 Å². The van der Waals surface area contributed by atoms with Gasteiger partial charge < -0.3 is 14.2 Å². The Morgan fingerprint density at radius 3 is 2.81 bits per heavy atom. The number of piperazine rings is 1. The summed E-state index contributed by atoms with van der Waals surface area (Å²) >= 11 is 0. The maximum absolute atomic E-state index is 12.3. The van der Waals surface area contributed by atoms with E-state index in [1.165, 1.54) is 0 Å². The molecule has 0 bridgehead atoms. The highest BCUT2D eigenvalue weighted by Crippen LogP contribution is 2.17. The Kier molecular flexibility index (Phi) is 3.60. The van der Waals surface area contributed by atoms with Gasteiger partial charge in [-0.3, -0.25) is 9.59 Å². The summed E-state index contributed by atoms with van der Waals surface area (Å²) in [5, 5.41) is 0. The Hall–Kier alpha value is -2.37. The Morgan fingerprint density at radius 1 is 1.33 bits per heavy atom. The molecule has 110 valence electrons. The molecule has 2 aromatic rings. The van der Waals surface area contributed by atoms with Crippen LogP contribution in [0, 0.1) is 6.92 Å². The maximum atomic E-state index is 12.3. The predicted octanol–water partition coefficient (Wildman–Crippen LogP) is 0.979. The third-order valence-corrected chi connectivity index (χ3v) is 3.73. The van der Waals surface area contributed by atoms with E-state index in [0.29, 0.717) is 38.5 Å². The van der Waals surface area contributed by atoms with Gasteiger partial charge in [-0.2, -0.15) is 0 Å². The van der Waals surface area contributed by atoms with E-state index in [1.54, 1.807) is 16.7 Å². The maximum Gasteiger partial charge on any atom is 0.227 e. The van der Waals surface area contributed by atoms with Crippen LogP contribution >= 0.6 is 0 Å². The zero-order valence-corrected chi connectivity index (χ0v) is 11.9. The lowest BCUT2D eigenvalue weighted by Gasteiger charge is -2.32. The number of nitrogens with zero attached hydrogens (tertiary/aromatic N) is 3. The lowest BCUT2D eigenvalue weighted by Crippen LogP contribution is -2.48. The van der Waals surface area contributed by atoms with Crippen LogP contribution in [0.2, 0.25) is 0 Å². The van der Waals surface area contributed by atoms with Crippen molar-refractivity contribution in [1.82, 2.24) is 14.8 Å². The molecule has 1 aromatic heterocycles. The number of hydrogen-bond acceptors (Lipinski definition) is 4. The number of hydrogen-bond donors (Lipinski definition) is 0. The summed E-state index contributed by atoms with van der Waals surface area (Å²) in [5.74, 6) is 0.707. The molecule has 0 unspecified atom stereocenters. The number of aromatic nitrogens is 1. The minimum Gasteiger partial charge on any atom is -0.441 e. The minimum atomic E-state index is 0.0834. The fraction of sp³-hybridized carbons (Fsp3) is 0.400. The molecular weight excluding hydrogens is 270 g/mol. The van der Waals surface area contributed by atoms with Gasteiger partial charge in [0, 0.05) is 33.1 Å². The van der Waals surface area contributed by atoms with E-state index in [0.717, 1.165) is 23.1 Å². The van der Waals surface area contributed by atoms with E-state index in [2.05, 4.69) is 4.98 Å². The quantitative estimate of drug-likeness (QED) is 0.789. The second-order valence-corrected chi connectivity index (χ2v) is 5.23. The highest BCUT2D eigenvalue weighted by atomic mass is 16.3. The molecule has 6 heteroatoms. The molecule has 0 radical (unpaired) electrons. The SMILES string of the molecule is Cc1nc2cc(CC(=O)N3CCN(C=O)CC3)ccc2o1. The van der Waals surface area contributed by atoms with Crippen LogP contribution in [0.15, 0.2) is 22.6 Å². The van der Waals surface area contributed by atoms with Crippen molar-refractivity contribution in [1.29, 1.82) is 0 Å². The van der Waals surface area contributed by atoms with Crippen molar-refractivity contribution in [2.75, 3.05) is 26.2 Å². The summed E-state index contributed by atoms with van der Waals surface area (Å²) in [4.78, 5) is 30.7. The zero-order valence-electron chi connectivity index (χ0n) is 11.9.